The second-order valence-electron chi connectivity index (χ2n) is 4.46. The standard InChI is InChI=1S/C15H14F2N2O3S/c1-21-12-7-9(4-5-11(12)22-15(16)17)8-19-13(20)10-3-2-6-18-14(10)23/h2-7,15H,8H2,1H3,(H,18,23)(H,19,20). The molecule has 0 unspecified atom stereocenters. The zero-order valence-corrected chi connectivity index (χ0v) is 13.0. The van der Waals surface area contributed by atoms with Crippen LogP contribution >= 0.6 is 12.2 Å². The summed E-state index contributed by atoms with van der Waals surface area (Å²) in [6.45, 7) is -2.75. The molecule has 1 heterocycles. The van der Waals surface area contributed by atoms with Crippen LogP contribution in [-0.2, 0) is 6.54 Å². The topological polar surface area (TPSA) is 63.3 Å². The van der Waals surface area contributed by atoms with Gasteiger partial charge in [-0.3, -0.25) is 4.79 Å². The van der Waals surface area contributed by atoms with Crippen LogP contribution in [0.5, 0.6) is 11.5 Å². The van der Waals surface area contributed by atoms with Crippen LogP contribution in [0.15, 0.2) is 36.5 Å². The lowest BCUT2D eigenvalue weighted by Crippen LogP contribution is -2.23. The third-order valence-corrected chi connectivity index (χ3v) is 3.30. The van der Waals surface area contributed by atoms with Crippen molar-refractivity contribution in [2.45, 2.75) is 13.2 Å². The van der Waals surface area contributed by atoms with Crippen LogP contribution < -0.4 is 14.8 Å². The molecular weight excluding hydrogens is 326 g/mol. The van der Waals surface area contributed by atoms with Crippen LogP contribution in [-0.4, -0.2) is 24.6 Å². The molecule has 0 bridgehead atoms. The van der Waals surface area contributed by atoms with Gasteiger partial charge in [-0.1, -0.05) is 18.3 Å². The Bertz CT molecular complexity index is 749. The Balaban J connectivity index is 2.07. The van der Waals surface area contributed by atoms with Gasteiger partial charge in [-0.05, 0) is 29.8 Å². The van der Waals surface area contributed by atoms with Gasteiger partial charge in [0.2, 0.25) is 0 Å². The van der Waals surface area contributed by atoms with Gasteiger partial charge in [0.1, 0.15) is 4.64 Å². The summed E-state index contributed by atoms with van der Waals surface area (Å²) in [6, 6.07) is 7.72. The third kappa shape index (κ3) is 4.49. The number of carbonyl (C=O) groups is 1. The van der Waals surface area contributed by atoms with Crippen molar-refractivity contribution >= 4 is 18.1 Å². The van der Waals surface area contributed by atoms with Gasteiger partial charge in [0.15, 0.2) is 11.5 Å². The quantitative estimate of drug-likeness (QED) is 0.792. The molecule has 0 saturated heterocycles. The summed E-state index contributed by atoms with van der Waals surface area (Å²) in [5.74, 6) is -0.240. The van der Waals surface area contributed by atoms with E-state index in [0.717, 1.165) is 0 Å². The fourth-order valence-corrected chi connectivity index (χ4v) is 2.12. The predicted octanol–water partition coefficient (Wildman–Crippen LogP) is 3.28. The maximum absolute atomic E-state index is 12.3. The Morgan fingerprint density at radius 2 is 2.13 bits per heavy atom. The molecule has 0 aliphatic heterocycles. The number of halogens is 2. The van der Waals surface area contributed by atoms with Gasteiger partial charge in [0, 0.05) is 12.7 Å². The number of methoxy groups -OCH3 is 1. The van der Waals surface area contributed by atoms with Crippen molar-refractivity contribution in [3.8, 4) is 11.5 Å². The second-order valence-corrected chi connectivity index (χ2v) is 4.87. The highest BCUT2D eigenvalue weighted by Crippen LogP contribution is 2.29. The number of H-pyrrole nitrogens is 1. The number of nitrogens with one attached hydrogen (secondary N) is 2. The normalized spacial score (nSPS) is 10.4. The summed E-state index contributed by atoms with van der Waals surface area (Å²) >= 11 is 5.03. The zero-order chi connectivity index (χ0) is 16.8. The lowest BCUT2D eigenvalue weighted by Gasteiger charge is -2.12. The molecule has 0 spiro atoms. The molecule has 0 aliphatic carbocycles. The van der Waals surface area contributed by atoms with Crippen molar-refractivity contribution in [3.05, 3.63) is 52.3 Å². The molecule has 2 N–H and O–H groups in total. The van der Waals surface area contributed by atoms with Crippen LogP contribution in [0, 0.1) is 4.64 Å². The lowest BCUT2D eigenvalue weighted by atomic mass is 10.2. The smallest absolute Gasteiger partial charge is 0.387 e. The summed E-state index contributed by atoms with van der Waals surface area (Å²) < 4.78 is 34.2. The molecule has 2 rings (SSSR count). The highest BCUT2D eigenvalue weighted by atomic mass is 32.1. The molecule has 23 heavy (non-hydrogen) atoms. The molecular formula is C15H14F2N2O3S. The second kappa shape index (κ2) is 7.68. The molecule has 122 valence electrons. The first-order chi connectivity index (χ1) is 11.0. The molecule has 1 aromatic heterocycles. The summed E-state index contributed by atoms with van der Waals surface area (Å²) in [6.07, 6.45) is 1.63. The zero-order valence-electron chi connectivity index (χ0n) is 12.1. The first-order valence-corrected chi connectivity index (χ1v) is 6.99. The van der Waals surface area contributed by atoms with Gasteiger partial charge in [-0.15, -0.1) is 0 Å². The van der Waals surface area contributed by atoms with Crippen LogP contribution in [0.4, 0.5) is 8.78 Å². The van der Waals surface area contributed by atoms with Crippen molar-refractivity contribution in [3.63, 3.8) is 0 Å². The molecule has 1 amide bonds. The highest BCUT2D eigenvalue weighted by Gasteiger charge is 2.12. The Morgan fingerprint density at radius 3 is 2.78 bits per heavy atom. The van der Waals surface area contributed by atoms with Gasteiger partial charge >= 0.3 is 6.61 Å². The number of ether oxygens (including phenoxy) is 2. The van der Waals surface area contributed by atoms with E-state index in [1.165, 1.54) is 19.2 Å². The number of hydrogen-bond donors (Lipinski definition) is 2. The van der Waals surface area contributed by atoms with E-state index in [2.05, 4.69) is 15.0 Å². The van der Waals surface area contributed by atoms with Crippen molar-refractivity contribution in [1.82, 2.24) is 10.3 Å². The molecule has 0 atom stereocenters. The van der Waals surface area contributed by atoms with E-state index in [0.29, 0.717) is 15.8 Å². The van der Waals surface area contributed by atoms with Crippen molar-refractivity contribution in [2.24, 2.45) is 0 Å². The van der Waals surface area contributed by atoms with Crippen LogP contribution in [0.1, 0.15) is 15.9 Å². The number of aromatic amines is 1. The number of amides is 1. The highest BCUT2D eigenvalue weighted by molar-refractivity contribution is 7.71. The maximum atomic E-state index is 12.3. The van der Waals surface area contributed by atoms with E-state index >= 15 is 0 Å². The van der Waals surface area contributed by atoms with Crippen LogP contribution in [0.3, 0.4) is 0 Å². The number of hydrogen-bond acceptors (Lipinski definition) is 4. The third-order valence-electron chi connectivity index (χ3n) is 2.96. The average Bonchev–Trinajstić information content (AvgIpc) is 2.53. The first-order valence-electron chi connectivity index (χ1n) is 6.59. The molecule has 8 heteroatoms. The summed E-state index contributed by atoms with van der Waals surface area (Å²) in [5.41, 5.74) is 1.02. The molecule has 5 nitrogen and oxygen atoms in total. The van der Waals surface area contributed by atoms with Crippen molar-refractivity contribution in [2.75, 3.05) is 7.11 Å². The van der Waals surface area contributed by atoms with Gasteiger partial charge in [-0.2, -0.15) is 8.78 Å². The van der Waals surface area contributed by atoms with Gasteiger partial charge in [0.25, 0.3) is 5.91 Å². The van der Waals surface area contributed by atoms with Gasteiger partial charge < -0.3 is 19.8 Å². The number of aromatic nitrogens is 1. The number of alkyl halides is 2. The molecule has 0 fully saturated rings. The number of rotatable bonds is 6. The van der Waals surface area contributed by atoms with Gasteiger partial charge in [-0.25, -0.2) is 0 Å². The number of carbonyl (C=O) groups excluding carboxylic acids is 1. The maximum Gasteiger partial charge on any atom is 0.387 e. The van der Waals surface area contributed by atoms with Crippen molar-refractivity contribution < 1.29 is 23.0 Å². The minimum atomic E-state index is -2.94. The Labute approximate surface area is 136 Å². The first kappa shape index (κ1) is 16.9. The predicted molar refractivity (Wildman–Crippen MR) is 82.4 cm³/mol. The average molecular weight is 340 g/mol. The van der Waals surface area contributed by atoms with E-state index in [9.17, 15) is 13.6 Å². The largest absolute Gasteiger partial charge is 0.493 e. The van der Waals surface area contributed by atoms with E-state index in [-0.39, 0.29) is 24.0 Å². The van der Waals surface area contributed by atoms with E-state index < -0.39 is 6.61 Å². The summed E-state index contributed by atoms with van der Waals surface area (Å²) in [4.78, 5) is 14.8. The van der Waals surface area contributed by atoms with E-state index in [4.69, 9.17) is 17.0 Å². The number of pyridine rings is 1. The fourth-order valence-electron chi connectivity index (χ4n) is 1.89. The van der Waals surface area contributed by atoms with E-state index in [1.54, 1.807) is 24.4 Å². The minimum absolute atomic E-state index is 0.0666. The number of benzene rings is 1. The van der Waals surface area contributed by atoms with E-state index in [1.807, 2.05) is 0 Å². The Morgan fingerprint density at radius 1 is 1.35 bits per heavy atom. The van der Waals surface area contributed by atoms with Crippen molar-refractivity contribution in [1.29, 1.82) is 0 Å². The lowest BCUT2D eigenvalue weighted by molar-refractivity contribution is -0.0512. The minimum Gasteiger partial charge on any atom is -0.493 e. The molecule has 0 radical (unpaired) electrons. The molecule has 1 aromatic carbocycles. The van der Waals surface area contributed by atoms with Crippen LogP contribution in [0.2, 0.25) is 0 Å². The fraction of sp³-hybridized carbons (Fsp3) is 0.200. The Hall–Kier alpha value is -2.48. The monoisotopic (exact) mass is 340 g/mol. The molecule has 0 saturated carbocycles. The summed E-state index contributed by atoms with van der Waals surface area (Å²) in [7, 11) is 1.35. The van der Waals surface area contributed by atoms with Crippen LogP contribution in [0.25, 0.3) is 0 Å². The Kier molecular flexibility index (Phi) is 5.64. The summed E-state index contributed by atoms with van der Waals surface area (Å²) in [5, 5.41) is 2.70. The SMILES string of the molecule is COc1cc(CNC(=O)c2ccc[nH]c2=S)ccc1OC(F)F. The molecule has 0 aliphatic rings. The molecule has 2 aromatic rings. The van der Waals surface area contributed by atoms with Gasteiger partial charge in [0.05, 0.1) is 12.7 Å².